The van der Waals surface area contributed by atoms with Crippen molar-refractivity contribution in [1.29, 1.82) is 0 Å². The molecule has 0 saturated heterocycles. The van der Waals surface area contributed by atoms with Crippen LogP contribution in [0.4, 0.5) is 10.1 Å². The van der Waals surface area contributed by atoms with Crippen molar-refractivity contribution in [1.82, 2.24) is 10.2 Å². The molecule has 1 aromatic heterocycles. The normalized spacial score (nSPS) is 12.0. The van der Waals surface area contributed by atoms with Gasteiger partial charge in [0.25, 0.3) is 0 Å². The van der Waals surface area contributed by atoms with Crippen LogP contribution in [-0.4, -0.2) is 10.2 Å². The minimum absolute atomic E-state index is 0.0235. The van der Waals surface area contributed by atoms with Crippen LogP contribution in [0.5, 0.6) is 0 Å². The standard InChI is InChI=1S/C21H14Cl2FN3O/c22-15-8-6-13(7-9-15)19(25-16-10-11-18(24)17(23)12-16)21-27-26-20(28-21)14-4-2-1-3-5-14/h1-12,19,25H/t19-/m1/s1. The Hall–Kier alpha value is -2.89. The van der Waals surface area contributed by atoms with Crippen LogP contribution in [0.3, 0.4) is 0 Å². The molecule has 3 aromatic carbocycles. The maximum Gasteiger partial charge on any atom is 0.247 e. The molecule has 7 heteroatoms. The fourth-order valence-electron chi connectivity index (χ4n) is 2.74. The topological polar surface area (TPSA) is 51.0 Å². The van der Waals surface area contributed by atoms with Crippen LogP contribution in [0.1, 0.15) is 17.5 Å². The van der Waals surface area contributed by atoms with E-state index in [4.69, 9.17) is 27.6 Å². The van der Waals surface area contributed by atoms with Crippen molar-refractivity contribution in [3.05, 3.63) is 100 Å². The van der Waals surface area contributed by atoms with Crippen molar-refractivity contribution in [2.75, 3.05) is 5.32 Å². The van der Waals surface area contributed by atoms with Crippen LogP contribution in [0.2, 0.25) is 10.0 Å². The molecule has 4 nitrogen and oxygen atoms in total. The zero-order valence-electron chi connectivity index (χ0n) is 14.4. The van der Waals surface area contributed by atoms with Crippen molar-refractivity contribution in [3.8, 4) is 11.5 Å². The van der Waals surface area contributed by atoms with Gasteiger partial charge in [-0.1, -0.05) is 53.5 Å². The van der Waals surface area contributed by atoms with Crippen molar-refractivity contribution in [2.45, 2.75) is 6.04 Å². The van der Waals surface area contributed by atoms with Gasteiger partial charge in [0.2, 0.25) is 11.8 Å². The molecule has 0 aliphatic rings. The lowest BCUT2D eigenvalue weighted by Crippen LogP contribution is -2.13. The number of aromatic nitrogens is 2. The molecule has 0 amide bonds. The second-order valence-electron chi connectivity index (χ2n) is 6.07. The third-order valence-corrected chi connectivity index (χ3v) is 4.68. The smallest absolute Gasteiger partial charge is 0.247 e. The van der Waals surface area contributed by atoms with E-state index in [2.05, 4.69) is 15.5 Å². The van der Waals surface area contributed by atoms with Gasteiger partial charge in [-0.3, -0.25) is 0 Å². The maximum atomic E-state index is 13.5. The predicted octanol–water partition coefficient (Wildman–Crippen LogP) is 6.38. The number of rotatable bonds is 5. The largest absolute Gasteiger partial charge is 0.418 e. The summed E-state index contributed by atoms with van der Waals surface area (Å²) in [7, 11) is 0. The van der Waals surface area contributed by atoms with Crippen molar-refractivity contribution >= 4 is 28.9 Å². The van der Waals surface area contributed by atoms with Crippen LogP contribution in [0, 0.1) is 5.82 Å². The van der Waals surface area contributed by atoms with Crippen molar-refractivity contribution in [3.63, 3.8) is 0 Å². The quantitative estimate of drug-likeness (QED) is 0.412. The summed E-state index contributed by atoms with van der Waals surface area (Å²) in [5.41, 5.74) is 2.29. The molecule has 0 aliphatic heterocycles. The van der Waals surface area contributed by atoms with Gasteiger partial charge in [-0.15, -0.1) is 10.2 Å². The van der Waals surface area contributed by atoms with Gasteiger partial charge in [-0.25, -0.2) is 4.39 Å². The molecule has 28 heavy (non-hydrogen) atoms. The van der Waals surface area contributed by atoms with Crippen LogP contribution >= 0.6 is 23.2 Å². The average molecular weight is 414 g/mol. The monoisotopic (exact) mass is 413 g/mol. The first-order chi connectivity index (χ1) is 13.6. The van der Waals surface area contributed by atoms with Crippen LogP contribution < -0.4 is 5.32 Å². The van der Waals surface area contributed by atoms with E-state index in [9.17, 15) is 4.39 Å². The Morgan fingerprint density at radius 3 is 2.36 bits per heavy atom. The molecule has 4 aromatic rings. The number of nitrogens with one attached hydrogen (secondary N) is 1. The number of halogens is 3. The Morgan fingerprint density at radius 2 is 1.64 bits per heavy atom. The molecule has 0 bridgehead atoms. The van der Waals surface area contributed by atoms with E-state index in [0.717, 1.165) is 11.1 Å². The van der Waals surface area contributed by atoms with Crippen LogP contribution in [0.15, 0.2) is 77.2 Å². The zero-order valence-corrected chi connectivity index (χ0v) is 16.0. The third-order valence-electron chi connectivity index (χ3n) is 4.14. The van der Waals surface area contributed by atoms with Gasteiger partial charge >= 0.3 is 0 Å². The molecule has 0 radical (unpaired) electrons. The molecule has 0 saturated carbocycles. The highest BCUT2D eigenvalue weighted by Crippen LogP contribution is 2.30. The van der Waals surface area contributed by atoms with Gasteiger partial charge in [0.05, 0.1) is 5.02 Å². The first-order valence-corrected chi connectivity index (χ1v) is 9.21. The second-order valence-corrected chi connectivity index (χ2v) is 6.91. The Kier molecular flexibility index (Phi) is 5.28. The Morgan fingerprint density at radius 1 is 0.893 bits per heavy atom. The molecular weight excluding hydrogens is 400 g/mol. The number of anilines is 1. The lowest BCUT2D eigenvalue weighted by molar-refractivity contribution is 0.494. The molecule has 0 spiro atoms. The van der Waals surface area contributed by atoms with Crippen molar-refractivity contribution < 1.29 is 8.81 Å². The van der Waals surface area contributed by atoms with Gasteiger partial charge in [0.15, 0.2) is 0 Å². The van der Waals surface area contributed by atoms with Gasteiger partial charge in [-0.2, -0.15) is 0 Å². The highest BCUT2D eigenvalue weighted by atomic mass is 35.5. The van der Waals surface area contributed by atoms with E-state index in [0.29, 0.717) is 22.5 Å². The molecule has 1 heterocycles. The molecule has 1 atom stereocenters. The zero-order chi connectivity index (χ0) is 19.5. The van der Waals surface area contributed by atoms with Gasteiger partial charge in [-0.05, 0) is 48.0 Å². The van der Waals surface area contributed by atoms with E-state index in [-0.39, 0.29) is 5.02 Å². The molecule has 0 fully saturated rings. The number of nitrogens with zero attached hydrogens (tertiary/aromatic N) is 2. The Labute approximate surface area is 170 Å². The second kappa shape index (κ2) is 8.00. The van der Waals surface area contributed by atoms with Crippen LogP contribution in [-0.2, 0) is 0 Å². The summed E-state index contributed by atoms with van der Waals surface area (Å²) >= 11 is 11.9. The highest BCUT2D eigenvalue weighted by molar-refractivity contribution is 6.31. The summed E-state index contributed by atoms with van der Waals surface area (Å²) in [6.45, 7) is 0. The lowest BCUT2D eigenvalue weighted by atomic mass is 10.1. The van der Waals surface area contributed by atoms with Gasteiger partial charge in [0, 0.05) is 16.3 Å². The fraction of sp³-hybridized carbons (Fsp3) is 0.0476. The first kappa shape index (κ1) is 18.5. The third kappa shape index (κ3) is 4.01. The first-order valence-electron chi connectivity index (χ1n) is 8.46. The SMILES string of the molecule is Fc1ccc(N[C@H](c2ccc(Cl)cc2)c2nnc(-c3ccccc3)o2)cc1Cl. The minimum atomic E-state index is -0.487. The summed E-state index contributed by atoms with van der Waals surface area (Å²) < 4.78 is 19.4. The van der Waals surface area contributed by atoms with E-state index in [1.165, 1.54) is 12.1 Å². The van der Waals surface area contributed by atoms with E-state index in [1.54, 1.807) is 18.2 Å². The fourth-order valence-corrected chi connectivity index (χ4v) is 3.05. The summed E-state index contributed by atoms with van der Waals surface area (Å²) in [4.78, 5) is 0. The van der Waals surface area contributed by atoms with E-state index < -0.39 is 11.9 Å². The summed E-state index contributed by atoms with van der Waals surface area (Å²) in [5.74, 6) is 0.287. The number of hydrogen-bond acceptors (Lipinski definition) is 4. The van der Waals surface area contributed by atoms with E-state index in [1.807, 2.05) is 42.5 Å². The summed E-state index contributed by atoms with van der Waals surface area (Å²) in [6, 6.07) is 20.7. The van der Waals surface area contributed by atoms with Gasteiger partial charge in [0.1, 0.15) is 11.9 Å². The van der Waals surface area contributed by atoms with E-state index >= 15 is 0 Å². The van der Waals surface area contributed by atoms with Gasteiger partial charge < -0.3 is 9.73 Å². The minimum Gasteiger partial charge on any atom is -0.418 e. The molecular formula is C21H14Cl2FN3O. The molecule has 1 N–H and O–H groups in total. The summed E-state index contributed by atoms with van der Waals surface area (Å²) in [5, 5.41) is 12.3. The van der Waals surface area contributed by atoms with Crippen LogP contribution in [0.25, 0.3) is 11.5 Å². The molecule has 4 rings (SSSR count). The highest BCUT2D eigenvalue weighted by Gasteiger charge is 2.22. The number of hydrogen-bond donors (Lipinski definition) is 1. The molecule has 140 valence electrons. The maximum absolute atomic E-state index is 13.5. The molecule has 0 unspecified atom stereocenters. The number of benzene rings is 3. The molecule has 0 aliphatic carbocycles. The lowest BCUT2D eigenvalue weighted by Gasteiger charge is -2.17. The van der Waals surface area contributed by atoms with Crippen molar-refractivity contribution in [2.24, 2.45) is 0 Å². The Bertz CT molecular complexity index is 1080. The summed E-state index contributed by atoms with van der Waals surface area (Å²) in [6.07, 6.45) is 0. The predicted molar refractivity (Wildman–Crippen MR) is 108 cm³/mol. The Balaban J connectivity index is 1.71. The average Bonchev–Trinajstić information content (AvgIpc) is 3.20.